The molecule has 0 bridgehead atoms. The molecular formula is C14H14N4O4. The second-order valence-electron chi connectivity index (χ2n) is 4.39. The van der Waals surface area contributed by atoms with Gasteiger partial charge >= 0.3 is 5.88 Å². The number of carbonyl (C=O) groups excluding carboxylic acids is 1. The Labute approximate surface area is 126 Å². The number of hydrogen-bond donors (Lipinski definition) is 2. The smallest absolute Gasteiger partial charge is 0.400 e. The monoisotopic (exact) mass is 302 g/mol. The normalized spacial score (nSPS) is 10.6. The molecule has 8 nitrogen and oxygen atoms in total. The summed E-state index contributed by atoms with van der Waals surface area (Å²) in [4.78, 5) is 21.4. The molecule has 2 N–H and O–H groups in total. The number of nitro groups is 1. The maximum atomic E-state index is 11.6. The molecule has 1 amide bonds. The number of nitrogens with one attached hydrogen (secondary N) is 2. The first-order valence-corrected chi connectivity index (χ1v) is 6.42. The molecule has 2 aromatic rings. The zero-order valence-electron chi connectivity index (χ0n) is 11.8. The number of anilines is 1. The molecule has 0 aliphatic heterocycles. The molecule has 0 atom stereocenters. The third kappa shape index (κ3) is 4.17. The fourth-order valence-electron chi connectivity index (χ4n) is 1.66. The Morgan fingerprint density at radius 1 is 1.36 bits per heavy atom. The van der Waals surface area contributed by atoms with Gasteiger partial charge in [-0.05, 0) is 24.6 Å². The van der Waals surface area contributed by atoms with E-state index in [2.05, 4.69) is 15.8 Å². The van der Waals surface area contributed by atoms with E-state index in [1.54, 1.807) is 0 Å². The van der Waals surface area contributed by atoms with Crippen LogP contribution in [0.4, 0.5) is 11.6 Å². The number of nitrogens with zero attached hydrogens (tertiary/aromatic N) is 2. The van der Waals surface area contributed by atoms with E-state index in [-0.39, 0.29) is 24.1 Å². The molecule has 0 fully saturated rings. The average molecular weight is 302 g/mol. The molecule has 1 aromatic carbocycles. The van der Waals surface area contributed by atoms with Crippen LogP contribution in [0.25, 0.3) is 0 Å². The summed E-state index contributed by atoms with van der Waals surface area (Å²) in [6.07, 6.45) is 1.19. The van der Waals surface area contributed by atoms with Gasteiger partial charge in [0.25, 0.3) is 5.91 Å². The SMILES string of the molecule is Cc1ccccc1NCC(=O)NN=Cc1ccc([N+](=O)[O-])o1. The van der Waals surface area contributed by atoms with Gasteiger partial charge < -0.3 is 9.73 Å². The van der Waals surface area contributed by atoms with Crippen molar-refractivity contribution < 1.29 is 14.1 Å². The van der Waals surface area contributed by atoms with Gasteiger partial charge in [-0.1, -0.05) is 18.2 Å². The Balaban J connectivity index is 1.81. The summed E-state index contributed by atoms with van der Waals surface area (Å²) in [6.45, 7) is 1.99. The molecule has 22 heavy (non-hydrogen) atoms. The van der Waals surface area contributed by atoms with Crippen LogP contribution in [0.2, 0.25) is 0 Å². The van der Waals surface area contributed by atoms with E-state index in [1.165, 1.54) is 18.3 Å². The van der Waals surface area contributed by atoms with E-state index < -0.39 is 4.92 Å². The maximum Gasteiger partial charge on any atom is 0.433 e. The summed E-state index contributed by atoms with van der Waals surface area (Å²) in [6, 6.07) is 10.2. The van der Waals surface area contributed by atoms with Gasteiger partial charge in [0, 0.05) is 5.69 Å². The fraction of sp³-hybridized carbons (Fsp3) is 0.143. The molecule has 0 saturated carbocycles. The largest absolute Gasteiger partial charge is 0.433 e. The minimum absolute atomic E-state index is 0.0560. The van der Waals surface area contributed by atoms with Crippen LogP contribution in [0, 0.1) is 17.0 Å². The lowest BCUT2D eigenvalue weighted by Crippen LogP contribution is -2.26. The Bertz CT molecular complexity index is 708. The highest BCUT2D eigenvalue weighted by Gasteiger charge is 2.10. The van der Waals surface area contributed by atoms with Crippen molar-refractivity contribution in [3.63, 3.8) is 0 Å². The highest BCUT2D eigenvalue weighted by atomic mass is 16.6. The minimum Gasteiger partial charge on any atom is -0.400 e. The molecular weight excluding hydrogens is 288 g/mol. The summed E-state index contributed by atoms with van der Waals surface area (Å²) >= 11 is 0. The van der Waals surface area contributed by atoms with Gasteiger partial charge in [0.05, 0.1) is 18.8 Å². The third-order valence-corrected chi connectivity index (χ3v) is 2.76. The van der Waals surface area contributed by atoms with Crippen LogP contribution >= 0.6 is 0 Å². The van der Waals surface area contributed by atoms with Crippen LogP contribution in [-0.2, 0) is 4.79 Å². The number of hydrazone groups is 1. The predicted molar refractivity (Wildman–Crippen MR) is 80.8 cm³/mol. The van der Waals surface area contributed by atoms with Gasteiger partial charge in [-0.3, -0.25) is 14.9 Å². The summed E-state index contributed by atoms with van der Waals surface area (Å²) < 4.78 is 4.86. The summed E-state index contributed by atoms with van der Waals surface area (Å²) in [7, 11) is 0. The van der Waals surface area contributed by atoms with E-state index in [9.17, 15) is 14.9 Å². The van der Waals surface area contributed by atoms with Crippen molar-refractivity contribution in [1.29, 1.82) is 0 Å². The molecule has 0 radical (unpaired) electrons. The van der Waals surface area contributed by atoms with Gasteiger partial charge in [-0.2, -0.15) is 5.10 Å². The Kier molecular flexibility index (Phi) is 4.86. The zero-order valence-corrected chi connectivity index (χ0v) is 11.8. The molecule has 114 valence electrons. The quantitative estimate of drug-likeness (QED) is 0.482. The van der Waals surface area contributed by atoms with Crippen molar-refractivity contribution in [3.05, 3.63) is 57.8 Å². The highest BCUT2D eigenvalue weighted by molar-refractivity contribution is 5.83. The molecule has 1 aromatic heterocycles. The van der Waals surface area contributed by atoms with E-state index in [4.69, 9.17) is 4.42 Å². The predicted octanol–water partition coefficient (Wildman–Crippen LogP) is 2.06. The molecule has 2 rings (SSSR count). The first-order valence-electron chi connectivity index (χ1n) is 6.42. The van der Waals surface area contributed by atoms with Crippen molar-refractivity contribution in [2.24, 2.45) is 5.10 Å². The summed E-state index contributed by atoms with van der Waals surface area (Å²) in [5.74, 6) is -0.548. The van der Waals surface area contributed by atoms with Gasteiger partial charge in [-0.15, -0.1) is 0 Å². The van der Waals surface area contributed by atoms with Crippen LogP contribution in [-0.4, -0.2) is 23.6 Å². The lowest BCUT2D eigenvalue weighted by Gasteiger charge is -2.07. The molecule has 0 aliphatic carbocycles. The van der Waals surface area contributed by atoms with Crippen molar-refractivity contribution in [2.75, 3.05) is 11.9 Å². The van der Waals surface area contributed by atoms with Crippen LogP contribution in [0.1, 0.15) is 11.3 Å². The topological polar surface area (TPSA) is 110 Å². The van der Waals surface area contributed by atoms with Gasteiger partial charge in [0.1, 0.15) is 4.92 Å². The molecule has 0 aliphatic rings. The third-order valence-electron chi connectivity index (χ3n) is 2.76. The van der Waals surface area contributed by atoms with Crippen LogP contribution in [0.5, 0.6) is 0 Å². The summed E-state index contributed by atoms with van der Waals surface area (Å²) in [5, 5.41) is 17.1. The van der Waals surface area contributed by atoms with E-state index in [0.717, 1.165) is 11.3 Å². The van der Waals surface area contributed by atoms with E-state index in [1.807, 2.05) is 31.2 Å². The second kappa shape index (κ2) is 7.02. The zero-order chi connectivity index (χ0) is 15.9. The molecule has 8 heteroatoms. The summed E-state index contributed by atoms with van der Waals surface area (Å²) in [5.41, 5.74) is 4.19. The number of benzene rings is 1. The molecule has 0 saturated heterocycles. The lowest BCUT2D eigenvalue weighted by atomic mass is 10.2. The standard InChI is InChI=1S/C14H14N4O4/c1-10-4-2-3-5-12(10)15-9-13(19)17-16-8-11-6-7-14(22-11)18(20)21/h2-8,15H,9H2,1H3,(H,17,19). The molecule has 1 heterocycles. The average Bonchev–Trinajstić information content (AvgIpc) is 2.95. The van der Waals surface area contributed by atoms with Crippen LogP contribution in [0.15, 0.2) is 45.9 Å². The number of furan rings is 1. The second-order valence-corrected chi connectivity index (χ2v) is 4.39. The van der Waals surface area contributed by atoms with E-state index >= 15 is 0 Å². The maximum absolute atomic E-state index is 11.6. The van der Waals surface area contributed by atoms with Gasteiger partial charge in [0.15, 0.2) is 5.76 Å². The molecule has 0 unspecified atom stereocenters. The number of amides is 1. The first kappa shape index (κ1) is 15.2. The Morgan fingerprint density at radius 3 is 2.82 bits per heavy atom. The number of rotatable bonds is 6. The van der Waals surface area contributed by atoms with Gasteiger partial charge in [-0.25, -0.2) is 5.43 Å². The Hall–Kier alpha value is -3.16. The van der Waals surface area contributed by atoms with Crippen LogP contribution in [0.3, 0.4) is 0 Å². The van der Waals surface area contributed by atoms with Crippen molar-refractivity contribution >= 4 is 23.7 Å². The first-order chi connectivity index (χ1) is 10.6. The van der Waals surface area contributed by atoms with E-state index in [0.29, 0.717) is 0 Å². The Morgan fingerprint density at radius 2 is 2.14 bits per heavy atom. The van der Waals surface area contributed by atoms with Crippen LogP contribution < -0.4 is 10.7 Å². The molecule has 0 spiro atoms. The fourth-order valence-corrected chi connectivity index (χ4v) is 1.66. The number of aryl methyl sites for hydroxylation is 1. The number of para-hydroxylation sites is 1. The van der Waals surface area contributed by atoms with Crippen molar-refractivity contribution in [2.45, 2.75) is 6.92 Å². The number of hydrogen-bond acceptors (Lipinski definition) is 6. The minimum atomic E-state index is -0.651. The highest BCUT2D eigenvalue weighted by Crippen LogP contribution is 2.14. The van der Waals surface area contributed by atoms with Crippen molar-refractivity contribution in [3.8, 4) is 0 Å². The van der Waals surface area contributed by atoms with Gasteiger partial charge in [0.2, 0.25) is 0 Å². The lowest BCUT2D eigenvalue weighted by molar-refractivity contribution is -0.402. The number of carbonyl (C=O) groups is 1. The van der Waals surface area contributed by atoms with Crippen molar-refractivity contribution in [1.82, 2.24) is 5.43 Å².